The molecule has 210 valence electrons. The summed E-state index contributed by atoms with van der Waals surface area (Å²) in [6.45, 7) is 10.8. The van der Waals surface area contributed by atoms with Crippen LogP contribution in [0.2, 0.25) is 0 Å². The Balaban J connectivity index is 1.69. The predicted molar refractivity (Wildman–Crippen MR) is 134 cm³/mol. The molecule has 3 rings (SSSR count). The van der Waals surface area contributed by atoms with Crippen LogP contribution < -0.4 is 16.0 Å². The fourth-order valence-electron chi connectivity index (χ4n) is 7.18. The molecule has 2 aliphatic carbocycles. The number of rotatable bonds is 9. The fraction of sp³-hybridized carbons (Fsp3) is 1.00. The van der Waals surface area contributed by atoms with Crippen LogP contribution in [0.3, 0.4) is 0 Å². The summed E-state index contributed by atoms with van der Waals surface area (Å²) in [6.07, 6.45) is -0.137. The molecule has 0 amide bonds. The average Bonchev–Trinajstić information content (AvgIpc) is 2.80. The third-order valence-corrected chi connectivity index (χ3v) is 9.53. The summed E-state index contributed by atoms with van der Waals surface area (Å²) >= 11 is 0. The van der Waals surface area contributed by atoms with Crippen LogP contribution in [0, 0.1) is 45.6 Å². The number of nitro groups is 1. The number of hydrogen-bond acceptors (Lipinski definition) is 6. The van der Waals surface area contributed by atoms with Crippen LogP contribution in [0.4, 0.5) is 13.2 Å². The molecule has 0 bridgehead atoms. The van der Waals surface area contributed by atoms with Crippen molar-refractivity contribution in [1.82, 2.24) is 16.0 Å². The number of ether oxygens (including phenoxy) is 1. The standard InChI is InChI=1S/C26H47F3N4O3/c1-14(7-8-16(3)36-6)22-13-23-24(9-15(22)2)31-18(5)32-25(23)30-17(4)19-10-20(26(27,28)29)12-21(11-19)33(34)35/h14-25,30-32H,7-13H2,1-6H3. The van der Waals surface area contributed by atoms with Crippen LogP contribution in [-0.4, -0.2) is 54.8 Å². The van der Waals surface area contributed by atoms with Gasteiger partial charge in [0.2, 0.25) is 6.04 Å². The summed E-state index contributed by atoms with van der Waals surface area (Å²) in [5, 5.41) is 22.4. The van der Waals surface area contributed by atoms with Crippen molar-refractivity contribution in [3.8, 4) is 0 Å². The van der Waals surface area contributed by atoms with Crippen LogP contribution in [-0.2, 0) is 4.74 Å². The van der Waals surface area contributed by atoms with E-state index in [1.165, 1.54) is 0 Å². The molecule has 0 radical (unpaired) electrons. The van der Waals surface area contributed by atoms with Gasteiger partial charge in [0.05, 0.1) is 24.4 Å². The second-order valence-corrected chi connectivity index (χ2v) is 12.1. The van der Waals surface area contributed by atoms with E-state index in [0.29, 0.717) is 29.7 Å². The molecule has 0 aromatic heterocycles. The first-order chi connectivity index (χ1) is 16.8. The van der Waals surface area contributed by atoms with Crippen molar-refractivity contribution in [2.24, 2.45) is 35.5 Å². The van der Waals surface area contributed by atoms with E-state index in [2.05, 4.69) is 43.6 Å². The van der Waals surface area contributed by atoms with E-state index >= 15 is 0 Å². The molecule has 1 saturated heterocycles. The second kappa shape index (κ2) is 12.3. The van der Waals surface area contributed by atoms with Gasteiger partial charge in [-0.1, -0.05) is 13.8 Å². The zero-order chi connectivity index (χ0) is 26.8. The van der Waals surface area contributed by atoms with E-state index in [0.717, 1.165) is 25.7 Å². The van der Waals surface area contributed by atoms with E-state index < -0.39 is 29.5 Å². The van der Waals surface area contributed by atoms with Gasteiger partial charge in [0.25, 0.3) is 0 Å². The highest BCUT2D eigenvalue weighted by atomic mass is 19.4. The maximum atomic E-state index is 13.6. The van der Waals surface area contributed by atoms with Crippen LogP contribution in [0.1, 0.15) is 79.6 Å². The van der Waals surface area contributed by atoms with Crippen LogP contribution in [0.15, 0.2) is 0 Å². The minimum atomic E-state index is -4.40. The first kappa shape index (κ1) is 29.6. The molecule has 36 heavy (non-hydrogen) atoms. The van der Waals surface area contributed by atoms with Crippen LogP contribution in [0.5, 0.6) is 0 Å². The van der Waals surface area contributed by atoms with Gasteiger partial charge in [0, 0.05) is 42.9 Å². The SMILES string of the molecule is COC(C)CCC(C)C1CC2C(CC1C)NC(C)NC2NC(C)C1CC([N+](=O)[O-])CC(C(F)(F)F)C1. The number of fused-ring (bicyclic) bond motifs is 1. The lowest BCUT2D eigenvalue weighted by atomic mass is 9.65. The van der Waals surface area contributed by atoms with E-state index in [1.807, 2.05) is 6.92 Å². The topological polar surface area (TPSA) is 88.5 Å². The lowest BCUT2D eigenvalue weighted by molar-refractivity contribution is -0.532. The zero-order valence-corrected chi connectivity index (χ0v) is 22.7. The molecule has 3 N–H and O–H groups in total. The molecular formula is C26H47F3N4O3. The maximum absolute atomic E-state index is 13.6. The van der Waals surface area contributed by atoms with E-state index in [9.17, 15) is 23.3 Å². The highest BCUT2D eigenvalue weighted by molar-refractivity contribution is 5.00. The maximum Gasteiger partial charge on any atom is 0.392 e. The lowest BCUT2D eigenvalue weighted by Gasteiger charge is -2.52. The van der Waals surface area contributed by atoms with E-state index in [1.54, 1.807) is 7.11 Å². The Bertz CT molecular complexity index is 727. The zero-order valence-electron chi connectivity index (χ0n) is 22.7. The van der Waals surface area contributed by atoms with Gasteiger partial charge in [-0.2, -0.15) is 13.2 Å². The largest absolute Gasteiger partial charge is 0.392 e. The first-order valence-electron chi connectivity index (χ1n) is 13.8. The number of halogens is 3. The molecule has 10 heteroatoms. The number of nitrogens with one attached hydrogen (secondary N) is 3. The molecule has 0 aromatic rings. The predicted octanol–water partition coefficient (Wildman–Crippen LogP) is 4.94. The highest BCUT2D eigenvalue weighted by Crippen LogP contribution is 2.44. The molecule has 1 heterocycles. The van der Waals surface area contributed by atoms with Crippen molar-refractivity contribution in [2.45, 2.75) is 122 Å². The molecular weight excluding hydrogens is 473 g/mol. The minimum absolute atomic E-state index is 0.0401. The van der Waals surface area contributed by atoms with Crippen molar-refractivity contribution < 1.29 is 22.8 Å². The first-order valence-corrected chi connectivity index (χ1v) is 13.8. The molecule has 2 saturated carbocycles. The molecule has 1 aliphatic heterocycles. The quantitative estimate of drug-likeness (QED) is 0.295. The van der Waals surface area contributed by atoms with E-state index in [4.69, 9.17) is 4.74 Å². The third-order valence-electron chi connectivity index (χ3n) is 9.53. The molecule has 0 aromatic carbocycles. The molecule has 3 fully saturated rings. The Labute approximate surface area is 214 Å². The smallest absolute Gasteiger partial charge is 0.382 e. The van der Waals surface area contributed by atoms with Crippen molar-refractivity contribution in [3.05, 3.63) is 10.1 Å². The Morgan fingerprint density at radius 1 is 1.06 bits per heavy atom. The monoisotopic (exact) mass is 520 g/mol. The molecule has 7 nitrogen and oxygen atoms in total. The Hall–Kier alpha value is -0.970. The Kier molecular flexibility index (Phi) is 10.1. The second-order valence-electron chi connectivity index (χ2n) is 12.1. The van der Waals surface area contributed by atoms with Gasteiger partial charge in [-0.3, -0.25) is 26.1 Å². The van der Waals surface area contributed by atoms with Gasteiger partial charge >= 0.3 is 6.18 Å². The average molecular weight is 521 g/mol. The van der Waals surface area contributed by atoms with Crippen molar-refractivity contribution >= 4 is 0 Å². The van der Waals surface area contributed by atoms with Crippen molar-refractivity contribution in [3.63, 3.8) is 0 Å². The number of hydrogen-bond donors (Lipinski definition) is 3. The normalized spacial score (nSPS) is 40.2. The van der Waals surface area contributed by atoms with Gasteiger partial charge in [0.1, 0.15) is 0 Å². The number of nitrogens with zero attached hydrogens (tertiary/aromatic N) is 1. The molecule has 12 atom stereocenters. The van der Waals surface area contributed by atoms with Crippen LogP contribution in [0.25, 0.3) is 0 Å². The highest BCUT2D eigenvalue weighted by Gasteiger charge is 2.50. The molecule has 3 aliphatic rings. The Morgan fingerprint density at radius 2 is 1.75 bits per heavy atom. The van der Waals surface area contributed by atoms with Gasteiger partial charge in [0.15, 0.2) is 0 Å². The van der Waals surface area contributed by atoms with Gasteiger partial charge in [-0.15, -0.1) is 0 Å². The van der Waals surface area contributed by atoms with Crippen LogP contribution >= 0.6 is 0 Å². The molecule has 0 spiro atoms. The Morgan fingerprint density at radius 3 is 2.36 bits per heavy atom. The number of methoxy groups -OCH3 is 1. The fourth-order valence-corrected chi connectivity index (χ4v) is 7.18. The lowest BCUT2D eigenvalue weighted by Crippen LogP contribution is -2.69. The molecule has 12 unspecified atom stereocenters. The minimum Gasteiger partial charge on any atom is -0.382 e. The summed E-state index contributed by atoms with van der Waals surface area (Å²) in [4.78, 5) is 10.9. The summed E-state index contributed by atoms with van der Waals surface area (Å²) in [5.41, 5.74) is 0. The third kappa shape index (κ3) is 7.32. The summed E-state index contributed by atoms with van der Waals surface area (Å²) in [7, 11) is 1.75. The summed E-state index contributed by atoms with van der Waals surface area (Å²) in [6, 6.07) is -1.05. The van der Waals surface area contributed by atoms with Gasteiger partial charge in [-0.05, 0) is 76.5 Å². The van der Waals surface area contributed by atoms with Gasteiger partial charge in [-0.25, -0.2) is 0 Å². The summed E-state index contributed by atoms with van der Waals surface area (Å²) < 4.78 is 46.1. The van der Waals surface area contributed by atoms with Crippen molar-refractivity contribution in [1.29, 1.82) is 0 Å². The number of alkyl halides is 3. The van der Waals surface area contributed by atoms with Crippen molar-refractivity contribution in [2.75, 3.05) is 7.11 Å². The van der Waals surface area contributed by atoms with Gasteiger partial charge < -0.3 is 4.74 Å². The summed E-state index contributed by atoms with van der Waals surface area (Å²) in [5.74, 6) is 0.0118. The van der Waals surface area contributed by atoms with E-state index in [-0.39, 0.29) is 43.2 Å².